The number of nitrogens with one attached hydrogen (secondary N) is 1. The molecule has 0 amide bonds. The third kappa shape index (κ3) is 4.00. The van der Waals surface area contributed by atoms with Crippen molar-refractivity contribution in [1.29, 1.82) is 0 Å². The van der Waals surface area contributed by atoms with Crippen LogP contribution in [0.2, 0.25) is 0 Å². The molecule has 0 saturated heterocycles. The van der Waals surface area contributed by atoms with Gasteiger partial charge in [-0.25, -0.2) is 9.98 Å². The first-order chi connectivity index (χ1) is 15.5. The summed E-state index contributed by atoms with van der Waals surface area (Å²) >= 11 is 0. The Labute approximate surface area is 186 Å². The van der Waals surface area contributed by atoms with Crippen LogP contribution in [0.1, 0.15) is 55.6 Å². The first kappa shape index (κ1) is 20.4. The minimum Gasteiger partial charge on any atom is -0.491 e. The maximum Gasteiger partial charge on any atom is 0.197 e. The van der Waals surface area contributed by atoms with E-state index in [4.69, 9.17) is 19.9 Å². The molecule has 0 atom stereocenters. The maximum atomic E-state index is 5.97. The van der Waals surface area contributed by atoms with Gasteiger partial charge in [-0.15, -0.1) is 0 Å². The van der Waals surface area contributed by atoms with Crippen molar-refractivity contribution in [3.63, 3.8) is 0 Å². The van der Waals surface area contributed by atoms with Crippen molar-refractivity contribution in [2.24, 2.45) is 10.7 Å². The molecule has 3 heterocycles. The minimum absolute atomic E-state index is 0.0839. The molecule has 1 aliphatic heterocycles. The number of fused-ring (bicyclic) bond motifs is 2. The van der Waals surface area contributed by atoms with E-state index in [1.807, 2.05) is 38.1 Å². The first-order valence-corrected chi connectivity index (χ1v) is 11.0. The van der Waals surface area contributed by atoms with Crippen LogP contribution in [0.3, 0.4) is 0 Å². The predicted octanol–water partition coefficient (Wildman–Crippen LogP) is 4.12. The highest BCUT2D eigenvalue weighted by atomic mass is 16.5. The number of rotatable bonds is 7. The average Bonchev–Trinajstić information content (AvgIpc) is 3.39. The number of oxazole rings is 1. The lowest BCUT2D eigenvalue weighted by Gasteiger charge is -2.27. The van der Waals surface area contributed by atoms with E-state index in [9.17, 15) is 0 Å². The summed E-state index contributed by atoms with van der Waals surface area (Å²) in [4.78, 5) is 11.3. The lowest BCUT2D eigenvalue weighted by atomic mass is 10.1. The number of aromatic nitrogens is 3. The number of ether oxygens (including phenoxy) is 1. The molecule has 166 valence electrons. The Bertz CT molecular complexity index is 1210. The van der Waals surface area contributed by atoms with Gasteiger partial charge in [0, 0.05) is 30.0 Å². The van der Waals surface area contributed by atoms with Crippen molar-refractivity contribution >= 4 is 22.9 Å². The van der Waals surface area contributed by atoms with Crippen molar-refractivity contribution in [2.75, 3.05) is 6.54 Å². The number of hydrogen-bond donors (Lipinski definition) is 2. The van der Waals surface area contributed by atoms with Crippen LogP contribution < -0.4 is 10.5 Å². The van der Waals surface area contributed by atoms with Crippen LogP contribution in [-0.4, -0.2) is 39.1 Å². The molecule has 0 spiro atoms. The fourth-order valence-electron chi connectivity index (χ4n) is 4.00. The van der Waals surface area contributed by atoms with Gasteiger partial charge in [0.05, 0.1) is 30.2 Å². The Kier molecular flexibility index (Phi) is 5.20. The summed E-state index contributed by atoms with van der Waals surface area (Å²) in [6.45, 7) is 9.78. The van der Waals surface area contributed by atoms with Crippen molar-refractivity contribution in [1.82, 2.24) is 20.1 Å². The molecule has 2 aromatic heterocycles. The summed E-state index contributed by atoms with van der Waals surface area (Å²) in [7, 11) is 0. The zero-order valence-corrected chi connectivity index (χ0v) is 18.5. The van der Waals surface area contributed by atoms with E-state index in [2.05, 4.69) is 26.7 Å². The molecule has 0 radical (unpaired) electrons. The summed E-state index contributed by atoms with van der Waals surface area (Å²) in [5.41, 5.74) is 9.75. The van der Waals surface area contributed by atoms with Crippen molar-refractivity contribution in [2.45, 2.75) is 51.7 Å². The molecule has 1 aromatic carbocycles. The summed E-state index contributed by atoms with van der Waals surface area (Å²) in [5.74, 6) is 3.20. The van der Waals surface area contributed by atoms with E-state index in [1.54, 1.807) is 0 Å². The third-order valence-corrected chi connectivity index (χ3v) is 5.74. The summed E-state index contributed by atoms with van der Waals surface area (Å²) in [6.07, 6.45) is 6.46. The largest absolute Gasteiger partial charge is 0.491 e. The Morgan fingerprint density at radius 1 is 1.41 bits per heavy atom. The second kappa shape index (κ2) is 8.18. The van der Waals surface area contributed by atoms with Crippen molar-refractivity contribution < 1.29 is 9.15 Å². The number of hydrogen-bond acceptors (Lipinski definition) is 6. The highest BCUT2D eigenvalue weighted by Gasteiger charge is 2.32. The zero-order chi connectivity index (χ0) is 22.2. The second-order valence-electron chi connectivity index (χ2n) is 8.61. The van der Waals surface area contributed by atoms with E-state index in [1.165, 1.54) is 19.2 Å². The number of aliphatic imine (C=N–C) groups is 1. The van der Waals surface area contributed by atoms with Gasteiger partial charge in [-0.05, 0) is 51.0 Å². The topological polar surface area (TPSA) is 106 Å². The standard InChI is InChI=1S/C24H28N6O2/c1-14(2)31-17-6-7-19-18(11-17)23(29-28-19)20(26-13-25)10-15(3)30-9-8-22-21(12-30)27-24(32-22)16-4-5-16/h6-7,10-11,13-14,16H,3-5,8-9,12H2,1-2H3,(H2,25,26)(H,28,29)/b20-10-. The molecule has 5 rings (SSSR count). The highest BCUT2D eigenvalue weighted by molar-refractivity contribution is 5.92. The Morgan fingerprint density at radius 2 is 2.25 bits per heavy atom. The van der Waals surface area contributed by atoms with Gasteiger partial charge in [-0.2, -0.15) is 5.10 Å². The Morgan fingerprint density at radius 3 is 3.00 bits per heavy atom. The van der Waals surface area contributed by atoms with Crippen LogP contribution in [0.25, 0.3) is 16.6 Å². The number of nitrogens with two attached hydrogens (primary N) is 1. The number of H-pyrrole nitrogens is 1. The van der Waals surface area contributed by atoms with Crippen LogP contribution in [0.5, 0.6) is 5.75 Å². The SMILES string of the molecule is C=C(/C=C(\N=C/N)c1n[nH]c2ccc(OC(C)C)cc12)N1CCc2oc(C3CC3)nc2C1. The van der Waals surface area contributed by atoms with Gasteiger partial charge in [-0.3, -0.25) is 5.10 Å². The summed E-state index contributed by atoms with van der Waals surface area (Å²) in [5, 5.41) is 8.48. The minimum atomic E-state index is 0.0839. The van der Waals surface area contributed by atoms with Gasteiger partial charge >= 0.3 is 0 Å². The van der Waals surface area contributed by atoms with Gasteiger partial charge in [0.2, 0.25) is 0 Å². The second-order valence-corrected chi connectivity index (χ2v) is 8.61. The Hall–Kier alpha value is -3.55. The average molecular weight is 433 g/mol. The Balaban J connectivity index is 1.42. The van der Waals surface area contributed by atoms with Crippen LogP contribution in [-0.2, 0) is 13.0 Å². The van der Waals surface area contributed by atoms with Crippen LogP contribution in [0.4, 0.5) is 0 Å². The molecule has 8 nitrogen and oxygen atoms in total. The molecule has 0 bridgehead atoms. The van der Waals surface area contributed by atoms with Gasteiger partial charge in [0.15, 0.2) is 5.89 Å². The van der Waals surface area contributed by atoms with Gasteiger partial charge in [0.25, 0.3) is 0 Å². The van der Waals surface area contributed by atoms with Crippen LogP contribution in [0.15, 0.2) is 46.0 Å². The molecule has 2 aliphatic rings. The van der Waals surface area contributed by atoms with E-state index >= 15 is 0 Å². The van der Waals surface area contributed by atoms with E-state index in [-0.39, 0.29) is 6.10 Å². The molecule has 32 heavy (non-hydrogen) atoms. The smallest absolute Gasteiger partial charge is 0.197 e. The monoisotopic (exact) mass is 432 g/mol. The predicted molar refractivity (Wildman–Crippen MR) is 124 cm³/mol. The molecule has 3 aromatic rings. The number of allylic oxidation sites excluding steroid dienone is 1. The van der Waals surface area contributed by atoms with Gasteiger partial charge in [-0.1, -0.05) is 6.58 Å². The molecule has 1 saturated carbocycles. The summed E-state index contributed by atoms with van der Waals surface area (Å²) in [6, 6.07) is 5.85. The lowest BCUT2D eigenvalue weighted by Crippen LogP contribution is -2.28. The van der Waals surface area contributed by atoms with Crippen LogP contribution >= 0.6 is 0 Å². The molecule has 8 heteroatoms. The maximum absolute atomic E-state index is 5.97. The van der Waals surface area contributed by atoms with E-state index < -0.39 is 0 Å². The zero-order valence-electron chi connectivity index (χ0n) is 18.5. The summed E-state index contributed by atoms with van der Waals surface area (Å²) < 4.78 is 11.8. The number of benzene rings is 1. The quantitative estimate of drug-likeness (QED) is 0.331. The van der Waals surface area contributed by atoms with Crippen molar-refractivity contribution in [3.8, 4) is 5.75 Å². The first-order valence-electron chi connectivity index (χ1n) is 11.0. The normalized spacial score (nSPS) is 16.8. The molecular weight excluding hydrogens is 404 g/mol. The van der Waals surface area contributed by atoms with E-state index in [0.717, 1.165) is 52.7 Å². The molecule has 1 fully saturated rings. The number of aromatic amines is 1. The fraction of sp³-hybridized carbons (Fsp3) is 0.375. The lowest BCUT2D eigenvalue weighted by molar-refractivity contribution is 0.243. The van der Waals surface area contributed by atoms with Crippen LogP contribution in [0, 0.1) is 0 Å². The number of nitrogens with zero attached hydrogens (tertiary/aromatic N) is 4. The molecule has 0 unspecified atom stereocenters. The fourth-order valence-corrected chi connectivity index (χ4v) is 4.00. The van der Waals surface area contributed by atoms with Gasteiger partial charge < -0.3 is 19.8 Å². The highest BCUT2D eigenvalue weighted by Crippen LogP contribution is 2.41. The molecular formula is C24H28N6O2. The van der Waals surface area contributed by atoms with Crippen molar-refractivity contribution in [3.05, 3.63) is 59.6 Å². The molecule has 3 N–H and O–H groups in total. The molecule has 1 aliphatic carbocycles. The third-order valence-electron chi connectivity index (χ3n) is 5.74. The van der Waals surface area contributed by atoms with E-state index in [0.29, 0.717) is 23.9 Å². The van der Waals surface area contributed by atoms with Gasteiger partial charge in [0.1, 0.15) is 22.9 Å².